The van der Waals surface area contributed by atoms with Crippen molar-refractivity contribution in [2.75, 3.05) is 26.4 Å². The molecule has 2 aliphatic heterocycles. The second-order valence-electron chi connectivity index (χ2n) is 36.2. The first-order valence-corrected chi connectivity index (χ1v) is 51.3. The number of rotatable bonds is 66. The molecule has 12 nitrogen and oxygen atoms in total. The number of nitrogens with one attached hydrogen (secondary N) is 2. The predicted molar refractivity (Wildman–Crippen MR) is 521 cm³/mol. The van der Waals surface area contributed by atoms with Gasteiger partial charge in [0.25, 0.3) is 0 Å². The van der Waals surface area contributed by atoms with Crippen LogP contribution in [0.1, 0.15) is 459 Å². The van der Waals surface area contributed by atoms with E-state index in [0.29, 0.717) is 102 Å². The molecule has 12 heteroatoms. The van der Waals surface area contributed by atoms with Crippen LogP contribution in [-0.2, 0) is 38.5 Å². The molecule has 0 spiro atoms. The molecule has 0 amide bonds. The van der Waals surface area contributed by atoms with Crippen molar-refractivity contribution in [3.05, 3.63) is 80.9 Å². The number of aliphatic hydroxyl groups excluding tert-OH is 2. The van der Waals surface area contributed by atoms with Gasteiger partial charge in [0.15, 0.2) is 23.3 Å². The van der Waals surface area contributed by atoms with Gasteiger partial charge < -0.3 is 29.7 Å². The second kappa shape index (κ2) is 59.0. The highest BCUT2D eigenvalue weighted by atomic mass is 16.5. The number of H-pyrrole nitrogens is 2. The summed E-state index contributed by atoms with van der Waals surface area (Å²) in [5, 5.41) is 25.1. The Balaban J connectivity index is 1.47. The van der Waals surface area contributed by atoms with Crippen molar-refractivity contribution in [3.63, 3.8) is 0 Å². The zero-order valence-corrected chi connectivity index (χ0v) is 78.5. The molecule has 4 N–H and O–H groups in total. The summed E-state index contributed by atoms with van der Waals surface area (Å²) in [5.41, 5.74) is 15.6. The van der Waals surface area contributed by atoms with Gasteiger partial charge in [-0.1, -0.05) is 398 Å². The van der Waals surface area contributed by atoms with Crippen LogP contribution < -0.4 is 9.47 Å². The Kier molecular flexibility index (Phi) is 47.7. The number of hydrogen-bond donors (Lipinski definition) is 4. The quantitative estimate of drug-likeness (QED) is 0.0213. The summed E-state index contributed by atoms with van der Waals surface area (Å²) in [7, 11) is 0. The van der Waals surface area contributed by atoms with Crippen LogP contribution in [-0.4, -0.2) is 76.5 Å². The number of unbranched alkanes of at least 4 members (excludes halogenated alkanes) is 46. The van der Waals surface area contributed by atoms with Crippen molar-refractivity contribution in [3.8, 4) is 80.7 Å². The summed E-state index contributed by atoms with van der Waals surface area (Å²) in [5.74, 6) is 17.6. The van der Waals surface area contributed by atoms with E-state index < -0.39 is 0 Å². The third kappa shape index (κ3) is 30.9. The number of ether oxygens (including phenoxy) is 2. The Hall–Kier alpha value is -7.12. The lowest BCUT2D eigenvalue weighted by atomic mass is 9.91. The lowest BCUT2D eigenvalue weighted by molar-refractivity contribution is 0.290. The minimum atomic E-state index is 0.0240. The van der Waals surface area contributed by atoms with Crippen molar-refractivity contribution < 1.29 is 19.7 Å². The molecule has 9 rings (SSSR count). The van der Waals surface area contributed by atoms with Gasteiger partial charge in [-0.25, -0.2) is 29.9 Å². The maximum Gasteiger partial charge on any atom is 0.168 e. The average molecular weight is 1660 g/mol. The van der Waals surface area contributed by atoms with E-state index in [1.165, 1.54) is 295 Å². The Morgan fingerprint density at radius 2 is 0.467 bits per heavy atom. The molecule has 0 saturated heterocycles. The standard InChI is InChI=1S/C110H166N8O4/c1-9-17-25-31-37-43-49-57-67-85-75-76-86(68-58-50-44-38-32-26-18-10-2)94-93(85)103-111-104(94)113-106-96-88(70-60-52-46-40-34-28-20-12-4)78-80-90(72-62-54-48-42-36-30-22-14-6)98(96)108(115-106)117-110-100-99(101(121-83-23-15-7)91(73-63-55-65-81-119)92(74-64-56-66-82-120)102(100)122-84-24-16-8)109(118-110)116-107-97-89(71-61-53-47-41-35-29-21-13-5)79-77-87(95(97)105(112-103)114-107)69-59-51-45-39-33-27-19-11-3/h75-80,119-120H,9-62,65-72,81-84H2,1-8H3,(H2,111,112,113,114,115,116,117,118). The summed E-state index contributed by atoms with van der Waals surface area (Å²) < 4.78 is 14.8. The largest absolute Gasteiger partial charge is 0.491 e. The fourth-order valence-electron chi connectivity index (χ4n) is 18.5. The van der Waals surface area contributed by atoms with Crippen molar-refractivity contribution in [2.24, 2.45) is 0 Å². The molecular weight excluding hydrogens is 1500 g/mol. The van der Waals surface area contributed by atoms with Gasteiger partial charge in [0, 0.05) is 58.7 Å². The lowest BCUT2D eigenvalue weighted by Gasteiger charge is -2.19. The maximum atomic E-state index is 10.3. The molecule has 0 unspecified atom stereocenters. The maximum absolute atomic E-state index is 10.3. The minimum Gasteiger partial charge on any atom is -0.491 e. The van der Waals surface area contributed by atoms with Crippen molar-refractivity contribution in [1.29, 1.82) is 0 Å². The van der Waals surface area contributed by atoms with Crippen LogP contribution in [0.25, 0.3) is 89.7 Å². The normalized spacial score (nSPS) is 11.8. The summed E-state index contributed by atoms with van der Waals surface area (Å²) in [4.78, 5) is 44.9. The fourth-order valence-corrected chi connectivity index (χ4v) is 18.5. The number of aryl methyl sites for hydroxylation is 6. The van der Waals surface area contributed by atoms with E-state index in [1.807, 2.05) is 0 Å². The van der Waals surface area contributed by atoms with Gasteiger partial charge in [-0.15, -0.1) is 0 Å². The van der Waals surface area contributed by atoms with Gasteiger partial charge in [0.05, 0.1) is 35.5 Å². The van der Waals surface area contributed by atoms with Gasteiger partial charge in [-0.2, -0.15) is 0 Å². The number of aliphatic hydroxyl groups is 2. The van der Waals surface area contributed by atoms with Crippen molar-refractivity contribution >= 4 is 44.1 Å². The van der Waals surface area contributed by atoms with Gasteiger partial charge in [-0.05, 0) is 136 Å². The predicted octanol–water partition coefficient (Wildman–Crippen LogP) is 31.6. The monoisotopic (exact) mass is 1660 g/mol. The summed E-state index contributed by atoms with van der Waals surface area (Å²) in [6.45, 7) is 19.2. The van der Waals surface area contributed by atoms with E-state index in [0.717, 1.165) is 161 Å². The molecule has 0 radical (unpaired) electrons. The summed E-state index contributed by atoms with van der Waals surface area (Å²) in [6.07, 6.45) is 70.4. The SMILES string of the molecule is CCCCCCCCCCc1ccc(CCCCCCCCCC)c2c1-c1nc-2nc2[nH]c(nc3[nH]c(nc4nc(n1)-c1c(OCCCC)c(C#CCCCO)c(C#CCCCO)c(OCCCC)c1-4)c1c(CCCCCCCCCC)ccc(CCCCCCCCCC)c31)c1c(CCCCCCCCCC)ccc(CCCCCCCCCC)c21. The zero-order chi connectivity index (χ0) is 85.8. The number of nitrogens with zero attached hydrogens (tertiary/aromatic N) is 6. The average Bonchev–Trinajstić information content (AvgIpc) is 1.55. The molecule has 670 valence electrons. The molecule has 0 aliphatic carbocycles. The minimum absolute atomic E-state index is 0.0240. The molecule has 0 atom stereocenters. The highest BCUT2D eigenvalue weighted by molar-refractivity contribution is 6.12. The van der Waals surface area contributed by atoms with Crippen molar-refractivity contribution in [1.82, 2.24) is 39.9 Å². The van der Waals surface area contributed by atoms with Crippen molar-refractivity contribution in [2.45, 2.75) is 453 Å². The Morgan fingerprint density at radius 3 is 0.738 bits per heavy atom. The summed E-state index contributed by atoms with van der Waals surface area (Å²) in [6, 6.07) is 14.7. The highest BCUT2D eigenvalue weighted by Gasteiger charge is 2.36. The van der Waals surface area contributed by atoms with E-state index in [4.69, 9.17) is 39.4 Å². The Labute approximate surface area is 740 Å². The molecule has 7 aromatic rings. The fraction of sp³-hybridized carbons (Fsp3) is 0.673. The van der Waals surface area contributed by atoms with Gasteiger partial charge in [-0.3, -0.25) is 0 Å². The zero-order valence-electron chi connectivity index (χ0n) is 78.5. The number of fused-ring (bicyclic) bond motifs is 20. The lowest BCUT2D eigenvalue weighted by Crippen LogP contribution is -2.07. The topological polar surface area (TPSA) is 168 Å². The molecule has 3 aromatic heterocycles. The van der Waals surface area contributed by atoms with Crippen LogP contribution in [0.15, 0.2) is 36.4 Å². The van der Waals surface area contributed by atoms with E-state index in [1.54, 1.807) is 0 Å². The molecule has 0 fully saturated rings. The first-order valence-electron chi connectivity index (χ1n) is 51.3. The van der Waals surface area contributed by atoms with Crippen LogP contribution in [0.5, 0.6) is 11.5 Å². The van der Waals surface area contributed by atoms with Gasteiger partial charge >= 0.3 is 0 Å². The first kappa shape index (κ1) is 98.7. The number of benzene rings is 4. The Bertz CT molecular complexity index is 4480. The third-order valence-electron chi connectivity index (χ3n) is 25.8. The van der Waals surface area contributed by atoms with Gasteiger partial charge in [0.1, 0.15) is 34.1 Å². The van der Waals surface area contributed by atoms with Crippen LogP contribution in [0, 0.1) is 23.7 Å². The number of hydrogen-bond acceptors (Lipinski definition) is 10. The van der Waals surface area contributed by atoms with Gasteiger partial charge in [0.2, 0.25) is 0 Å². The Morgan fingerprint density at radius 1 is 0.246 bits per heavy atom. The molecule has 122 heavy (non-hydrogen) atoms. The molecule has 8 bridgehead atoms. The highest BCUT2D eigenvalue weighted by Crippen LogP contribution is 2.52. The molecule has 5 heterocycles. The first-order chi connectivity index (χ1) is 60.3. The number of aromatic amines is 2. The van der Waals surface area contributed by atoms with Crippen LogP contribution >= 0.6 is 0 Å². The van der Waals surface area contributed by atoms with E-state index in [9.17, 15) is 10.2 Å². The summed E-state index contributed by atoms with van der Waals surface area (Å²) >= 11 is 0. The molecule has 4 aromatic carbocycles. The molecule has 2 aliphatic rings. The molecular formula is C110H166N8O4. The van der Waals surface area contributed by atoms with E-state index in [2.05, 4.69) is 125 Å². The van der Waals surface area contributed by atoms with E-state index in [-0.39, 0.29) is 13.2 Å². The smallest absolute Gasteiger partial charge is 0.168 e. The third-order valence-corrected chi connectivity index (χ3v) is 25.8. The second-order valence-corrected chi connectivity index (χ2v) is 36.2. The molecule has 0 saturated carbocycles. The van der Waals surface area contributed by atoms with Crippen LogP contribution in [0.4, 0.5) is 0 Å². The van der Waals surface area contributed by atoms with Crippen LogP contribution in [0.2, 0.25) is 0 Å². The number of aromatic nitrogens is 8. The van der Waals surface area contributed by atoms with E-state index >= 15 is 0 Å². The van der Waals surface area contributed by atoms with Crippen LogP contribution in [0.3, 0.4) is 0 Å².